The molecule has 0 saturated heterocycles. The number of hydrogen-bond acceptors (Lipinski definition) is 3. The van der Waals surface area contributed by atoms with Crippen molar-refractivity contribution in [3.63, 3.8) is 0 Å². The minimum atomic E-state index is -4.42. The first-order valence-corrected chi connectivity index (χ1v) is 6.18. The minimum absolute atomic E-state index is 0.0974. The maximum absolute atomic E-state index is 12.7. The number of halogens is 3. The molecule has 1 aromatic carbocycles. The molecule has 0 aliphatic rings. The normalized spacial score (nSPS) is 12.5. The average molecular weight is 288 g/mol. The van der Waals surface area contributed by atoms with Crippen molar-refractivity contribution in [3.05, 3.63) is 39.9 Å². The number of alkyl halides is 3. The first-order valence-electron chi connectivity index (χ1n) is 6.18. The summed E-state index contributed by atoms with van der Waals surface area (Å²) in [7, 11) is 0. The molecule has 110 valence electrons. The predicted molar refractivity (Wildman–Crippen MR) is 69.8 cm³/mol. The SMILES string of the molecule is CCCC/C(=N\Cc1ccc([N+](=O)[O-])cc1)C(F)(F)F. The fourth-order valence-electron chi connectivity index (χ4n) is 1.56. The van der Waals surface area contributed by atoms with Crippen LogP contribution < -0.4 is 0 Å². The summed E-state index contributed by atoms with van der Waals surface area (Å²) in [5.74, 6) is 0. The Hall–Kier alpha value is -1.92. The second-order valence-electron chi connectivity index (χ2n) is 4.29. The number of nitrogens with zero attached hydrogens (tertiary/aromatic N) is 2. The fraction of sp³-hybridized carbons (Fsp3) is 0.462. The van der Waals surface area contributed by atoms with Gasteiger partial charge in [0.25, 0.3) is 5.69 Å². The van der Waals surface area contributed by atoms with Crippen LogP contribution >= 0.6 is 0 Å². The van der Waals surface area contributed by atoms with E-state index in [1.807, 2.05) is 6.92 Å². The summed E-state index contributed by atoms with van der Waals surface area (Å²) in [4.78, 5) is 13.5. The van der Waals surface area contributed by atoms with Crippen LogP contribution in [-0.4, -0.2) is 16.8 Å². The van der Waals surface area contributed by atoms with Gasteiger partial charge in [-0.3, -0.25) is 15.1 Å². The molecule has 0 unspecified atom stereocenters. The molecular weight excluding hydrogens is 273 g/mol. The Bertz CT molecular complexity index is 481. The van der Waals surface area contributed by atoms with Crippen molar-refractivity contribution in [2.45, 2.75) is 38.9 Å². The summed E-state index contributed by atoms with van der Waals surface area (Å²) in [5, 5.41) is 10.5. The lowest BCUT2D eigenvalue weighted by molar-refractivity contribution is -0.384. The summed E-state index contributed by atoms with van der Waals surface area (Å²) in [5.41, 5.74) is -0.369. The van der Waals surface area contributed by atoms with Crippen molar-refractivity contribution in [1.29, 1.82) is 0 Å². The summed E-state index contributed by atoms with van der Waals surface area (Å²) in [6.07, 6.45) is -3.44. The third-order valence-electron chi connectivity index (χ3n) is 2.69. The lowest BCUT2D eigenvalue weighted by atomic mass is 10.1. The van der Waals surface area contributed by atoms with Crippen LogP contribution in [0.2, 0.25) is 0 Å². The van der Waals surface area contributed by atoms with Gasteiger partial charge < -0.3 is 0 Å². The molecule has 0 bridgehead atoms. The van der Waals surface area contributed by atoms with E-state index in [0.29, 0.717) is 18.4 Å². The largest absolute Gasteiger partial charge is 0.429 e. The van der Waals surface area contributed by atoms with Gasteiger partial charge in [-0.25, -0.2) is 0 Å². The van der Waals surface area contributed by atoms with E-state index in [0.717, 1.165) is 0 Å². The van der Waals surface area contributed by atoms with Gasteiger partial charge in [0.1, 0.15) is 5.71 Å². The van der Waals surface area contributed by atoms with E-state index in [4.69, 9.17) is 0 Å². The van der Waals surface area contributed by atoms with Gasteiger partial charge in [-0.15, -0.1) is 0 Å². The highest BCUT2D eigenvalue weighted by molar-refractivity contribution is 5.89. The summed E-state index contributed by atoms with van der Waals surface area (Å²) >= 11 is 0. The Morgan fingerprint density at radius 1 is 1.30 bits per heavy atom. The van der Waals surface area contributed by atoms with Crippen LogP contribution in [0.25, 0.3) is 0 Å². The highest BCUT2D eigenvalue weighted by Gasteiger charge is 2.34. The molecule has 0 radical (unpaired) electrons. The highest BCUT2D eigenvalue weighted by atomic mass is 19.4. The number of benzene rings is 1. The molecule has 0 atom stereocenters. The van der Waals surface area contributed by atoms with Crippen molar-refractivity contribution < 1.29 is 18.1 Å². The van der Waals surface area contributed by atoms with Gasteiger partial charge in [-0.1, -0.05) is 25.5 Å². The van der Waals surface area contributed by atoms with Gasteiger partial charge in [0, 0.05) is 12.1 Å². The molecule has 1 rings (SSSR count). The molecule has 0 aromatic heterocycles. The predicted octanol–water partition coefficient (Wildman–Crippen LogP) is 4.29. The molecule has 0 spiro atoms. The Labute approximate surface area is 114 Å². The van der Waals surface area contributed by atoms with E-state index in [-0.39, 0.29) is 18.7 Å². The molecule has 0 heterocycles. The molecule has 1 aromatic rings. The Kier molecular flexibility index (Phi) is 5.66. The van der Waals surface area contributed by atoms with Crippen molar-refractivity contribution in [2.24, 2.45) is 4.99 Å². The van der Waals surface area contributed by atoms with Gasteiger partial charge in [0.15, 0.2) is 0 Å². The van der Waals surface area contributed by atoms with Gasteiger partial charge in [-0.05, 0) is 18.4 Å². The second-order valence-corrected chi connectivity index (χ2v) is 4.29. The van der Waals surface area contributed by atoms with E-state index in [9.17, 15) is 23.3 Å². The van der Waals surface area contributed by atoms with Crippen molar-refractivity contribution in [1.82, 2.24) is 0 Å². The van der Waals surface area contributed by atoms with Crippen LogP contribution in [0.5, 0.6) is 0 Å². The van der Waals surface area contributed by atoms with E-state index >= 15 is 0 Å². The van der Waals surface area contributed by atoms with Crippen LogP contribution in [0.1, 0.15) is 31.7 Å². The van der Waals surface area contributed by atoms with E-state index in [1.54, 1.807) is 0 Å². The van der Waals surface area contributed by atoms with Crippen LogP contribution in [0, 0.1) is 10.1 Å². The van der Waals surface area contributed by atoms with E-state index in [2.05, 4.69) is 4.99 Å². The van der Waals surface area contributed by atoms with E-state index < -0.39 is 16.8 Å². The lowest BCUT2D eigenvalue weighted by Gasteiger charge is -2.10. The molecule has 0 N–H and O–H groups in total. The van der Waals surface area contributed by atoms with Crippen LogP contribution in [0.3, 0.4) is 0 Å². The Morgan fingerprint density at radius 2 is 1.90 bits per heavy atom. The van der Waals surface area contributed by atoms with Gasteiger partial charge in [-0.2, -0.15) is 13.2 Å². The van der Waals surface area contributed by atoms with Gasteiger partial charge in [0.2, 0.25) is 0 Å². The van der Waals surface area contributed by atoms with Crippen LogP contribution in [-0.2, 0) is 6.54 Å². The number of rotatable bonds is 6. The Morgan fingerprint density at radius 3 is 2.35 bits per heavy atom. The quantitative estimate of drug-likeness (QED) is 0.445. The summed E-state index contributed by atoms with van der Waals surface area (Å²) in [6, 6.07) is 5.33. The van der Waals surface area contributed by atoms with Gasteiger partial charge >= 0.3 is 6.18 Å². The number of hydrogen-bond donors (Lipinski definition) is 0. The molecule has 7 heteroatoms. The monoisotopic (exact) mass is 288 g/mol. The number of aliphatic imine (C=N–C) groups is 1. The molecule has 0 aliphatic heterocycles. The van der Waals surface area contributed by atoms with Crippen molar-refractivity contribution in [2.75, 3.05) is 0 Å². The molecule has 0 saturated carbocycles. The number of non-ortho nitro benzene ring substituents is 1. The first kappa shape index (κ1) is 16.1. The average Bonchev–Trinajstić information content (AvgIpc) is 2.37. The minimum Gasteiger partial charge on any atom is -0.280 e. The highest BCUT2D eigenvalue weighted by Crippen LogP contribution is 2.22. The Balaban J connectivity index is 2.78. The van der Waals surface area contributed by atoms with Gasteiger partial charge in [0.05, 0.1) is 11.5 Å². The molecule has 0 amide bonds. The smallest absolute Gasteiger partial charge is 0.280 e. The second kappa shape index (κ2) is 7.02. The third kappa shape index (κ3) is 4.99. The maximum Gasteiger partial charge on any atom is 0.429 e. The molecule has 0 aliphatic carbocycles. The summed E-state index contributed by atoms with van der Waals surface area (Å²) in [6.45, 7) is 1.68. The standard InChI is InChI=1S/C13H15F3N2O2/c1-2-3-4-12(13(14,15)16)17-9-10-5-7-11(8-6-10)18(19)20/h5-8H,2-4,9H2,1H3/b17-12+. The van der Waals surface area contributed by atoms with E-state index in [1.165, 1.54) is 24.3 Å². The molecule has 0 fully saturated rings. The zero-order valence-electron chi connectivity index (χ0n) is 11.0. The molecule has 4 nitrogen and oxygen atoms in total. The zero-order chi connectivity index (χ0) is 15.2. The third-order valence-corrected chi connectivity index (χ3v) is 2.69. The number of nitro benzene ring substituents is 1. The van der Waals surface area contributed by atoms with Crippen LogP contribution in [0.4, 0.5) is 18.9 Å². The molecule has 20 heavy (non-hydrogen) atoms. The number of nitro groups is 1. The maximum atomic E-state index is 12.7. The number of unbranched alkanes of at least 4 members (excludes halogenated alkanes) is 1. The first-order chi connectivity index (χ1) is 9.34. The summed E-state index contributed by atoms with van der Waals surface area (Å²) < 4.78 is 38.1. The molecular formula is C13H15F3N2O2. The zero-order valence-corrected chi connectivity index (χ0v) is 11.0. The lowest BCUT2D eigenvalue weighted by Crippen LogP contribution is -2.23. The fourth-order valence-corrected chi connectivity index (χ4v) is 1.56. The van der Waals surface area contributed by atoms with Crippen LogP contribution in [0.15, 0.2) is 29.3 Å². The topological polar surface area (TPSA) is 55.5 Å². The van der Waals surface area contributed by atoms with Crippen molar-refractivity contribution >= 4 is 11.4 Å². The van der Waals surface area contributed by atoms with Crippen molar-refractivity contribution in [3.8, 4) is 0 Å².